The van der Waals surface area contributed by atoms with Crippen LogP contribution >= 0.6 is 28.6 Å². The standard InChI is InChI=1S/C16H22BrNOS/c1-2-3-11-4-7-13(8-5-11)18-16(19)14-9-6-12(17)10-15(14)20/h6,9-11,13,20H,2-5,7-8H2,1H3,(H,18,19). The van der Waals surface area contributed by atoms with E-state index in [1.54, 1.807) is 0 Å². The summed E-state index contributed by atoms with van der Waals surface area (Å²) in [4.78, 5) is 13.0. The number of carbonyl (C=O) groups excluding carboxylic acids is 1. The van der Waals surface area contributed by atoms with Gasteiger partial charge in [0.25, 0.3) is 5.91 Å². The van der Waals surface area contributed by atoms with Gasteiger partial charge < -0.3 is 5.32 Å². The summed E-state index contributed by atoms with van der Waals surface area (Å²) in [5.74, 6) is 0.864. The molecule has 110 valence electrons. The van der Waals surface area contributed by atoms with Crippen molar-refractivity contribution in [1.82, 2.24) is 5.32 Å². The fraction of sp³-hybridized carbons (Fsp3) is 0.562. The predicted molar refractivity (Wildman–Crippen MR) is 89.5 cm³/mol. The van der Waals surface area contributed by atoms with Crippen LogP contribution in [-0.2, 0) is 0 Å². The third-order valence-electron chi connectivity index (χ3n) is 4.08. The Morgan fingerprint density at radius 2 is 2.05 bits per heavy atom. The number of halogens is 1. The highest BCUT2D eigenvalue weighted by Crippen LogP contribution is 2.28. The van der Waals surface area contributed by atoms with Crippen molar-refractivity contribution >= 4 is 34.5 Å². The van der Waals surface area contributed by atoms with Crippen LogP contribution in [0, 0.1) is 5.92 Å². The summed E-state index contributed by atoms with van der Waals surface area (Å²) < 4.78 is 0.944. The van der Waals surface area contributed by atoms with Gasteiger partial charge in [-0.25, -0.2) is 0 Å². The maximum Gasteiger partial charge on any atom is 0.252 e. The van der Waals surface area contributed by atoms with Crippen LogP contribution in [0.5, 0.6) is 0 Å². The monoisotopic (exact) mass is 355 g/mol. The zero-order valence-electron chi connectivity index (χ0n) is 11.9. The quantitative estimate of drug-likeness (QED) is 0.744. The van der Waals surface area contributed by atoms with E-state index in [1.807, 2.05) is 18.2 Å². The van der Waals surface area contributed by atoms with Gasteiger partial charge in [0, 0.05) is 15.4 Å². The van der Waals surface area contributed by atoms with Crippen LogP contribution in [0.15, 0.2) is 27.6 Å². The van der Waals surface area contributed by atoms with E-state index in [2.05, 4.69) is 40.8 Å². The Bertz CT molecular complexity index is 470. The Morgan fingerprint density at radius 3 is 2.65 bits per heavy atom. The van der Waals surface area contributed by atoms with E-state index >= 15 is 0 Å². The number of thiol groups is 1. The van der Waals surface area contributed by atoms with Crippen LogP contribution in [0.4, 0.5) is 0 Å². The average Bonchev–Trinajstić information content (AvgIpc) is 2.41. The molecule has 4 heteroatoms. The van der Waals surface area contributed by atoms with Crippen LogP contribution in [0.3, 0.4) is 0 Å². The lowest BCUT2D eigenvalue weighted by molar-refractivity contribution is 0.0918. The maximum absolute atomic E-state index is 12.3. The molecular formula is C16H22BrNOS. The van der Waals surface area contributed by atoms with E-state index in [-0.39, 0.29) is 5.91 Å². The molecule has 0 saturated heterocycles. The van der Waals surface area contributed by atoms with Crippen molar-refractivity contribution in [3.8, 4) is 0 Å². The Hall–Kier alpha value is -0.480. The third-order valence-corrected chi connectivity index (χ3v) is 4.95. The lowest BCUT2D eigenvalue weighted by Gasteiger charge is -2.29. The SMILES string of the molecule is CCCC1CCC(NC(=O)c2ccc(Br)cc2S)CC1. The lowest BCUT2D eigenvalue weighted by atomic mass is 9.83. The van der Waals surface area contributed by atoms with Gasteiger partial charge in [-0.05, 0) is 49.8 Å². The van der Waals surface area contributed by atoms with Crippen molar-refractivity contribution in [2.24, 2.45) is 5.92 Å². The van der Waals surface area contributed by atoms with Crippen molar-refractivity contribution in [3.63, 3.8) is 0 Å². The van der Waals surface area contributed by atoms with Gasteiger partial charge in [-0.1, -0.05) is 35.7 Å². The van der Waals surface area contributed by atoms with Crippen LogP contribution in [0.1, 0.15) is 55.8 Å². The molecule has 0 atom stereocenters. The molecular weight excluding hydrogens is 334 g/mol. The maximum atomic E-state index is 12.3. The normalized spacial score (nSPS) is 22.6. The summed E-state index contributed by atoms with van der Waals surface area (Å²) >= 11 is 7.76. The van der Waals surface area contributed by atoms with Crippen LogP contribution in [-0.4, -0.2) is 11.9 Å². The van der Waals surface area contributed by atoms with E-state index in [0.29, 0.717) is 11.6 Å². The Labute approximate surface area is 135 Å². The third kappa shape index (κ3) is 4.26. The Morgan fingerprint density at radius 1 is 1.35 bits per heavy atom. The van der Waals surface area contributed by atoms with Gasteiger partial charge in [-0.2, -0.15) is 0 Å². The number of benzene rings is 1. The van der Waals surface area contributed by atoms with E-state index < -0.39 is 0 Å². The van der Waals surface area contributed by atoms with Gasteiger partial charge in [-0.3, -0.25) is 4.79 Å². The smallest absolute Gasteiger partial charge is 0.252 e. The fourth-order valence-corrected chi connectivity index (χ4v) is 3.82. The molecule has 2 nitrogen and oxygen atoms in total. The molecule has 1 aromatic carbocycles. The van der Waals surface area contributed by atoms with Crippen LogP contribution < -0.4 is 5.32 Å². The van der Waals surface area contributed by atoms with Crippen molar-refractivity contribution in [2.75, 3.05) is 0 Å². The van der Waals surface area contributed by atoms with Crippen LogP contribution in [0.2, 0.25) is 0 Å². The molecule has 1 amide bonds. The van der Waals surface area contributed by atoms with E-state index in [1.165, 1.54) is 25.7 Å². The molecule has 1 aromatic rings. The van der Waals surface area contributed by atoms with Crippen molar-refractivity contribution < 1.29 is 4.79 Å². The highest BCUT2D eigenvalue weighted by Gasteiger charge is 2.22. The first-order chi connectivity index (χ1) is 9.60. The molecule has 1 fully saturated rings. The molecule has 0 radical (unpaired) electrons. The molecule has 1 N–H and O–H groups in total. The van der Waals surface area contributed by atoms with Crippen LogP contribution in [0.25, 0.3) is 0 Å². The van der Waals surface area contributed by atoms with E-state index in [9.17, 15) is 4.79 Å². The molecule has 1 aliphatic carbocycles. The molecule has 0 unspecified atom stereocenters. The topological polar surface area (TPSA) is 29.1 Å². The molecule has 0 bridgehead atoms. The van der Waals surface area contributed by atoms with Gasteiger partial charge in [-0.15, -0.1) is 12.6 Å². The van der Waals surface area contributed by atoms with Gasteiger partial charge in [0.2, 0.25) is 0 Å². The minimum atomic E-state index is 0.00133. The highest BCUT2D eigenvalue weighted by molar-refractivity contribution is 9.10. The average molecular weight is 356 g/mol. The zero-order chi connectivity index (χ0) is 14.5. The molecule has 0 aliphatic heterocycles. The van der Waals surface area contributed by atoms with E-state index in [4.69, 9.17) is 0 Å². The number of amides is 1. The van der Waals surface area contributed by atoms with Gasteiger partial charge >= 0.3 is 0 Å². The first kappa shape index (κ1) is 15.9. The minimum absolute atomic E-state index is 0.00133. The van der Waals surface area contributed by atoms with Crippen molar-refractivity contribution in [2.45, 2.75) is 56.4 Å². The minimum Gasteiger partial charge on any atom is -0.349 e. The second-order valence-corrected chi connectivity index (χ2v) is 7.04. The molecule has 2 rings (SSSR count). The Balaban J connectivity index is 1.89. The largest absolute Gasteiger partial charge is 0.349 e. The van der Waals surface area contributed by atoms with Crippen molar-refractivity contribution in [3.05, 3.63) is 28.2 Å². The molecule has 1 saturated carbocycles. The molecule has 20 heavy (non-hydrogen) atoms. The molecule has 0 spiro atoms. The summed E-state index contributed by atoms with van der Waals surface area (Å²) in [5.41, 5.74) is 0.659. The number of hydrogen-bond donors (Lipinski definition) is 2. The highest BCUT2D eigenvalue weighted by atomic mass is 79.9. The van der Waals surface area contributed by atoms with Crippen molar-refractivity contribution in [1.29, 1.82) is 0 Å². The zero-order valence-corrected chi connectivity index (χ0v) is 14.3. The summed E-state index contributed by atoms with van der Waals surface area (Å²) in [6, 6.07) is 5.89. The summed E-state index contributed by atoms with van der Waals surface area (Å²) in [6.45, 7) is 2.25. The number of carbonyl (C=O) groups is 1. The molecule has 0 heterocycles. The van der Waals surface area contributed by atoms with Gasteiger partial charge in [0.1, 0.15) is 0 Å². The summed E-state index contributed by atoms with van der Waals surface area (Å²) in [5, 5.41) is 3.15. The number of nitrogens with one attached hydrogen (secondary N) is 1. The summed E-state index contributed by atoms with van der Waals surface area (Å²) in [6.07, 6.45) is 7.29. The second-order valence-electron chi connectivity index (χ2n) is 5.64. The summed E-state index contributed by atoms with van der Waals surface area (Å²) in [7, 11) is 0. The van der Waals surface area contributed by atoms with Gasteiger partial charge in [0.15, 0.2) is 0 Å². The fourth-order valence-electron chi connectivity index (χ4n) is 2.96. The first-order valence-electron chi connectivity index (χ1n) is 7.39. The predicted octanol–water partition coefficient (Wildman–Crippen LogP) is 4.83. The molecule has 1 aliphatic rings. The first-order valence-corrected chi connectivity index (χ1v) is 8.63. The lowest BCUT2D eigenvalue weighted by Crippen LogP contribution is -2.37. The number of hydrogen-bond acceptors (Lipinski definition) is 2. The number of rotatable bonds is 4. The Kier molecular flexibility index (Phi) is 5.97. The molecule has 0 aromatic heterocycles. The van der Waals surface area contributed by atoms with E-state index in [0.717, 1.165) is 28.1 Å². The van der Waals surface area contributed by atoms with Gasteiger partial charge in [0.05, 0.1) is 5.56 Å². The second kappa shape index (κ2) is 7.51.